The molecule has 0 unspecified atom stereocenters. The van der Waals surface area contributed by atoms with E-state index in [0.29, 0.717) is 21.6 Å². The molecule has 0 saturated carbocycles. The van der Waals surface area contributed by atoms with Crippen molar-refractivity contribution in [3.63, 3.8) is 0 Å². The van der Waals surface area contributed by atoms with Gasteiger partial charge in [-0.1, -0.05) is 17.8 Å². The SMILES string of the molecule is CSc1ncc(C(=O)O)c(-c2cc(F)cc3cccnc23)n1. The molecular weight excluding hydrogens is 305 g/mol. The second kappa shape index (κ2) is 5.69. The molecule has 0 radical (unpaired) electrons. The zero-order valence-electron chi connectivity index (χ0n) is 11.4. The number of aromatic carboxylic acids is 1. The fourth-order valence-electron chi connectivity index (χ4n) is 2.16. The van der Waals surface area contributed by atoms with Gasteiger partial charge in [0.05, 0.1) is 11.2 Å². The molecule has 2 heterocycles. The molecule has 3 aromatic rings. The predicted molar refractivity (Wildman–Crippen MR) is 81.5 cm³/mol. The largest absolute Gasteiger partial charge is 0.478 e. The molecule has 0 bridgehead atoms. The van der Waals surface area contributed by atoms with Crippen LogP contribution in [0.5, 0.6) is 0 Å². The number of hydrogen-bond donors (Lipinski definition) is 1. The standard InChI is InChI=1S/C15H10FN3O2S/c1-22-15-18-7-11(14(20)21)13(19-15)10-6-9(16)5-8-3-2-4-17-12(8)10/h2-7H,1H3,(H,20,21). The van der Waals surface area contributed by atoms with Gasteiger partial charge in [0.2, 0.25) is 0 Å². The summed E-state index contributed by atoms with van der Waals surface area (Å²) in [7, 11) is 0. The van der Waals surface area contributed by atoms with Crippen molar-refractivity contribution in [1.29, 1.82) is 0 Å². The van der Waals surface area contributed by atoms with Gasteiger partial charge >= 0.3 is 5.97 Å². The molecule has 0 amide bonds. The van der Waals surface area contributed by atoms with E-state index in [4.69, 9.17) is 0 Å². The van der Waals surface area contributed by atoms with Crippen molar-refractivity contribution in [3.05, 3.63) is 48.0 Å². The first-order valence-electron chi connectivity index (χ1n) is 6.29. The Hall–Kier alpha value is -2.54. The quantitative estimate of drug-likeness (QED) is 0.590. The first-order chi connectivity index (χ1) is 10.6. The summed E-state index contributed by atoms with van der Waals surface area (Å²) in [6.07, 6.45) is 4.58. The molecule has 0 aliphatic rings. The van der Waals surface area contributed by atoms with Crippen LogP contribution in [0.3, 0.4) is 0 Å². The van der Waals surface area contributed by atoms with Crippen molar-refractivity contribution >= 4 is 28.6 Å². The fraction of sp³-hybridized carbons (Fsp3) is 0.0667. The van der Waals surface area contributed by atoms with E-state index < -0.39 is 11.8 Å². The summed E-state index contributed by atoms with van der Waals surface area (Å²) in [5.41, 5.74) is 0.910. The number of carbonyl (C=O) groups is 1. The molecule has 110 valence electrons. The Morgan fingerprint density at radius 2 is 2.14 bits per heavy atom. The van der Waals surface area contributed by atoms with E-state index >= 15 is 0 Å². The van der Waals surface area contributed by atoms with Crippen LogP contribution in [-0.2, 0) is 0 Å². The number of benzene rings is 1. The normalized spacial score (nSPS) is 10.8. The molecular formula is C15H10FN3O2S. The molecule has 0 aliphatic heterocycles. The molecule has 3 rings (SSSR count). The zero-order valence-corrected chi connectivity index (χ0v) is 12.3. The van der Waals surface area contributed by atoms with Crippen molar-refractivity contribution < 1.29 is 14.3 Å². The molecule has 2 aromatic heterocycles. The maximum absolute atomic E-state index is 13.9. The maximum atomic E-state index is 13.9. The highest BCUT2D eigenvalue weighted by molar-refractivity contribution is 7.98. The molecule has 22 heavy (non-hydrogen) atoms. The number of aromatic nitrogens is 3. The van der Waals surface area contributed by atoms with E-state index in [9.17, 15) is 14.3 Å². The zero-order chi connectivity index (χ0) is 15.7. The number of rotatable bonds is 3. The van der Waals surface area contributed by atoms with Crippen LogP contribution >= 0.6 is 11.8 Å². The second-order valence-electron chi connectivity index (χ2n) is 4.45. The topological polar surface area (TPSA) is 76.0 Å². The summed E-state index contributed by atoms with van der Waals surface area (Å²) in [5.74, 6) is -1.65. The van der Waals surface area contributed by atoms with Crippen molar-refractivity contribution in [2.24, 2.45) is 0 Å². The lowest BCUT2D eigenvalue weighted by Gasteiger charge is -2.09. The molecule has 0 atom stereocenters. The number of nitrogens with zero attached hydrogens (tertiary/aromatic N) is 3. The second-order valence-corrected chi connectivity index (χ2v) is 5.23. The van der Waals surface area contributed by atoms with Crippen LogP contribution < -0.4 is 0 Å². The Morgan fingerprint density at radius 1 is 1.32 bits per heavy atom. The lowest BCUT2D eigenvalue weighted by Crippen LogP contribution is -2.05. The monoisotopic (exact) mass is 315 g/mol. The Morgan fingerprint density at radius 3 is 2.86 bits per heavy atom. The van der Waals surface area contributed by atoms with Crippen molar-refractivity contribution in [3.8, 4) is 11.3 Å². The summed E-state index contributed by atoms with van der Waals surface area (Å²) < 4.78 is 13.9. The molecule has 1 aromatic carbocycles. The minimum atomic E-state index is -1.17. The minimum Gasteiger partial charge on any atom is -0.478 e. The molecule has 1 N–H and O–H groups in total. The Kier molecular flexibility index (Phi) is 3.72. The number of pyridine rings is 1. The van der Waals surface area contributed by atoms with Gasteiger partial charge in [0.25, 0.3) is 0 Å². The van der Waals surface area contributed by atoms with Crippen LogP contribution in [0.2, 0.25) is 0 Å². The smallest absolute Gasteiger partial charge is 0.339 e. The number of carboxylic acids is 1. The highest BCUT2D eigenvalue weighted by Crippen LogP contribution is 2.30. The highest BCUT2D eigenvalue weighted by Gasteiger charge is 2.18. The number of hydrogen-bond acceptors (Lipinski definition) is 5. The number of halogens is 1. The van der Waals surface area contributed by atoms with Crippen molar-refractivity contribution in [2.45, 2.75) is 5.16 Å². The Labute approximate surface area is 129 Å². The third kappa shape index (κ3) is 2.50. The molecule has 0 saturated heterocycles. The van der Waals surface area contributed by atoms with E-state index in [1.165, 1.54) is 30.1 Å². The Bertz CT molecular complexity index is 886. The van der Waals surface area contributed by atoms with Gasteiger partial charge in [0.15, 0.2) is 5.16 Å². The van der Waals surface area contributed by atoms with Gasteiger partial charge in [0.1, 0.15) is 11.4 Å². The average molecular weight is 315 g/mol. The van der Waals surface area contributed by atoms with Gasteiger partial charge in [-0.2, -0.15) is 0 Å². The van der Waals surface area contributed by atoms with Crippen LogP contribution in [0, 0.1) is 5.82 Å². The summed E-state index contributed by atoms with van der Waals surface area (Å²) >= 11 is 1.28. The van der Waals surface area contributed by atoms with E-state index in [1.807, 2.05) is 0 Å². The molecule has 0 spiro atoms. The van der Waals surface area contributed by atoms with E-state index in [1.54, 1.807) is 24.6 Å². The number of carboxylic acid groups (broad SMARTS) is 1. The van der Waals surface area contributed by atoms with Crippen LogP contribution in [0.25, 0.3) is 22.2 Å². The third-order valence-electron chi connectivity index (χ3n) is 3.10. The van der Waals surface area contributed by atoms with Crippen LogP contribution in [0.15, 0.2) is 41.8 Å². The van der Waals surface area contributed by atoms with Crippen LogP contribution in [0.1, 0.15) is 10.4 Å². The Balaban J connectivity index is 2.38. The average Bonchev–Trinajstić information content (AvgIpc) is 2.53. The third-order valence-corrected chi connectivity index (χ3v) is 3.67. The first-order valence-corrected chi connectivity index (χ1v) is 7.51. The summed E-state index contributed by atoms with van der Waals surface area (Å²) in [5, 5.41) is 10.3. The van der Waals surface area contributed by atoms with Gasteiger partial charge in [0, 0.05) is 23.3 Å². The predicted octanol–water partition coefficient (Wildman–Crippen LogP) is 3.25. The van der Waals surface area contributed by atoms with Crippen molar-refractivity contribution in [1.82, 2.24) is 15.0 Å². The van der Waals surface area contributed by atoms with Gasteiger partial charge in [-0.3, -0.25) is 4.98 Å². The summed E-state index contributed by atoms with van der Waals surface area (Å²) in [4.78, 5) is 23.8. The summed E-state index contributed by atoms with van der Waals surface area (Å²) in [6.45, 7) is 0. The fourth-order valence-corrected chi connectivity index (χ4v) is 2.50. The van der Waals surface area contributed by atoms with E-state index in [-0.39, 0.29) is 11.3 Å². The van der Waals surface area contributed by atoms with E-state index in [0.717, 1.165) is 0 Å². The molecule has 5 nitrogen and oxygen atoms in total. The number of thioether (sulfide) groups is 1. The van der Waals surface area contributed by atoms with Gasteiger partial charge in [-0.05, 0) is 24.5 Å². The highest BCUT2D eigenvalue weighted by atomic mass is 32.2. The molecule has 0 aliphatic carbocycles. The van der Waals surface area contributed by atoms with Crippen LogP contribution in [-0.4, -0.2) is 32.3 Å². The number of fused-ring (bicyclic) bond motifs is 1. The lowest BCUT2D eigenvalue weighted by molar-refractivity contribution is 0.0696. The first kappa shape index (κ1) is 14.4. The lowest BCUT2D eigenvalue weighted by atomic mass is 10.0. The van der Waals surface area contributed by atoms with Crippen molar-refractivity contribution in [2.75, 3.05) is 6.26 Å². The maximum Gasteiger partial charge on any atom is 0.339 e. The van der Waals surface area contributed by atoms with E-state index in [2.05, 4.69) is 15.0 Å². The van der Waals surface area contributed by atoms with Gasteiger partial charge in [-0.25, -0.2) is 19.2 Å². The van der Waals surface area contributed by atoms with Gasteiger partial charge < -0.3 is 5.11 Å². The summed E-state index contributed by atoms with van der Waals surface area (Å²) in [6, 6.07) is 6.00. The molecule has 0 fully saturated rings. The van der Waals surface area contributed by atoms with Gasteiger partial charge in [-0.15, -0.1) is 0 Å². The molecule has 7 heteroatoms. The minimum absolute atomic E-state index is 0.0876. The van der Waals surface area contributed by atoms with Crippen LogP contribution in [0.4, 0.5) is 4.39 Å².